The van der Waals surface area contributed by atoms with Gasteiger partial charge in [-0.25, -0.2) is 0 Å². The van der Waals surface area contributed by atoms with Crippen LogP contribution in [0.3, 0.4) is 0 Å². The van der Waals surface area contributed by atoms with Crippen LogP contribution in [0.5, 0.6) is 0 Å². The van der Waals surface area contributed by atoms with Crippen molar-refractivity contribution >= 4 is 17.2 Å². The zero-order chi connectivity index (χ0) is 10.8. The molecule has 1 amide bonds. The molecule has 0 saturated carbocycles. The van der Waals surface area contributed by atoms with E-state index in [9.17, 15) is 4.79 Å². The zero-order valence-electron chi connectivity index (χ0n) is 9.12. The molecule has 1 saturated heterocycles. The molecule has 4 heteroatoms. The number of amides is 1. The molecule has 0 aliphatic carbocycles. The number of carbonyl (C=O) groups is 1. The SMILES string of the molecule is CCN(C(=O)c1ccc(C)s1)C1CNC1. The van der Waals surface area contributed by atoms with Gasteiger partial charge < -0.3 is 10.2 Å². The molecule has 0 atom stereocenters. The van der Waals surface area contributed by atoms with Gasteiger partial charge in [-0.05, 0) is 26.0 Å². The summed E-state index contributed by atoms with van der Waals surface area (Å²) in [5.74, 6) is 0.183. The Labute approximate surface area is 94.1 Å². The van der Waals surface area contributed by atoms with Gasteiger partial charge in [-0.15, -0.1) is 11.3 Å². The van der Waals surface area contributed by atoms with Crippen LogP contribution in [-0.2, 0) is 0 Å². The third kappa shape index (κ3) is 2.06. The highest BCUT2D eigenvalue weighted by Gasteiger charge is 2.28. The molecule has 1 aliphatic rings. The lowest BCUT2D eigenvalue weighted by atomic mass is 10.1. The number of likely N-dealkylation sites (N-methyl/N-ethyl adjacent to an activating group) is 1. The summed E-state index contributed by atoms with van der Waals surface area (Å²) >= 11 is 1.58. The van der Waals surface area contributed by atoms with Gasteiger partial charge >= 0.3 is 0 Å². The predicted octanol–water partition coefficient (Wildman–Crippen LogP) is 1.49. The van der Waals surface area contributed by atoms with Crippen molar-refractivity contribution in [3.05, 3.63) is 21.9 Å². The second-order valence-electron chi connectivity index (χ2n) is 3.81. The normalized spacial score (nSPS) is 16.1. The fourth-order valence-electron chi connectivity index (χ4n) is 1.75. The lowest BCUT2D eigenvalue weighted by Gasteiger charge is -2.37. The third-order valence-corrected chi connectivity index (χ3v) is 3.74. The first kappa shape index (κ1) is 10.6. The summed E-state index contributed by atoms with van der Waals surface area (Å²) in [6.07, 6.45) is 0. The fraction of sp³-hybridized carbons (Fsp3) is 0.545. The van der Waals surface area contributed by atoms with Crippen molar-refractivity contribution in [2.75, 3.05) is 19.6 Å². The Balaban J connectivity index is 2.10. The second-order valence-corrected chi connectivity index (χ2v) is 5.10. The van der Waals surface area contributed by atoms with E-state index < -0.39 is 0 Å². The Morgan fingerprint density at radius 1 is 1.60 bits per heavy atom. The molecule has 0 aromatic carbocycles. The van der Waals surface area contributed by atoms with Gasteiger partial charge in [-0.3, -0.25) is 4.79 Å². The molecule has 1 aromatic heterocycles. The average molecular weight is 224 g/mol. The Hall–Kier alpha value is -0.870. The highest BCUT2D eigenvalue weighted by Crippen LogP contribution is 2.19. The average Bonchev–Trinajstić information content (AvgIpc) is 2.57. The van der Waals surface area contributed by atoms with Gasteiger partial charge in [-0.2, -0.15) is 0 Å². The van der Waals surface area contributed by atoms with Gasteiger partial charge in [0, 0.05) is 24.5 Å². The molecule has 1 aromatic rings. The summed E-state index contributed by atoms with van der Waals surface area (Å²) < 4.78 is 0. The first-order valence-corrected chi connectivity index (χ1v) is 6.12. The van der Waals surface area contributed by atoms with Crippen LogP contribution in [0.25, 0.3) is 0 Å². The number of carbonyl (C=O) groups excluding carboxylic acids is 1. The van der Waals surface area contributed by atoms with Crippen LogP contribution < -0.4 is 5.32 Å². The van der Waals surface area contributed by atoms with Gasteiger partial charge in [0.15, 0.2) is 0 Å². The zero-order valence-corrected chi connectivity index (χ0v) is 9.93. The number of nitrogens with zero attached hydrogens (tertiary/aromatic N) is 1. The van der Waals surface area contributed by atoms with Crippen LogP contribution in [0.2, 0.25) is 0 Å². The topological polar surface area (TPSA) is 32.3 Å². The van der Waals surface area contributed by atoms with E-state index in [2.05, 4.69) is 5.32 Å². The Bertz CT molecular complexity index is 357. The van der Waals surface area contributed by atoms with Crippen molar-refractivity contribution in [3.8, 4) is 0 Å². The van der Waals surface area contributed by atoms with Crippen molar-refractivity contribution in [2.24, 2.45) is 0 Å². The van der Waals surface area contributed by atoms with E-state index >= 15 is 0 Å². The Morgan fingerprint density at radius 2 is 2.33 bits per heavy atom. The number of rotatable bonds is 3. The number of nitrogens with one attached hydrogen (secondary N) is 1. The van der Waals surface area contributed by atoms with Crippen LogP contribution in [0.15, 0.2) is 12.1 Å². The summed E-state index contributed by atoms with van der Waals surface area (Å²) in [4.78, 5) is 16.1. The monoisotopic (exact) mass is 224 g/mol. The summed E-state index contributed by atoms with van der Waals surface area (Å²) in [5.41, 5.74) is 0. The molecule has 1 fully saturated rings. The van der Waals surface area contributed by atoms with Crippen LogP contribution >= 0.6 is 11.3 Å². The molecular formula is C11H16N2OS. The Morgan fingerprint density at radius 3 is 2.73 bits per heavy atom. The van der Waals surface area contributed by atoms with Crippen molar-refractivity contribution < 1.29 is 4.79 Å². The minimum Gasteiger partial charge on any atom is -0.333 e. The number of thiophene rings is 1. The van der Waals surface area contributed by atoms with Crippen molar-refractivity contribution in [3.63, 3.8) is 0 Å². The quantitative estimate of drug-likeness (QED) is 0.843. The third-order valence-electron chi connectivity index (χ3n) is 2.75. The van der Waals surface area contributed by atoms with E-state index in [-0.39, 0.29) is 5.91 Å². The van der Waals surface area contributed by atoms with E-state index in [1.807, 2.05) is 30.9 Å². The maximum absolute atomic E-state index is 12.1. The predicted molar refractivity (Wildman–Crippen MR) is 62.4 cm³/mol. The van der Waals surface area contributed by atoms with Crippen LogP contribution in [0.4, 0.5) is 0 Å². The molecule has 0 unspecified atom stereocenters. The van der Waals surface area contributed by atoms with E-state index in [0.717, 1.165) is 24.5 Å². The number of aryl methyl sites for hydroxylation is 1. The van der Waals surface area contributed by atoms with E-state index in [4.69, 9.17) is 0 Å². The van der Waals surface area contributed by atoms with Crippen molar-refractivity contribution in [1.29, 1.82) is 0 Å². The van der Waals surface area contributed by atoms with Gasteiger partial charge in [-0.1, -0.05) is 0 Å². The Kier molecular flexibility index (Phi) is 3.07. The first-order valence-electron chi connectivity index (χ1n) is 5.30. The standard InChI is InChI=1S/C11H16N2OS/c1-3-13(9-6-12-7-9)11(14)10-5-4-8(2)15-10/h4-5,9,12H,3,6-7H2,1-2H3. The lowest BCUT2D eigenvalue weighted by Crippen LogP contribution is -2.58. The first-order chi connectivity index (χ1) is 7.22. The van der Waals surface area contributed by atoms with Crippen molar-refractivity contribution in [1.82, 2.24) is 10.2 Å². The molecule has 0 bridgehead atoms. The molecule has 0 radical (unpaired) electrons. The second kappa shape index (κ2) is 4.33. The summed E-state index contributed by atoms with van der Waals surface area (Å²) in [5, 5.41) is 3.20. The number of hydrogen-bond donors (Lipinski definition) is 1. The van der Waals surface area contributed by atoms with Gasteiger partial charge in [0.05, 0.1) is 10.9 Å². The van der Waals surface area contributed by atoms with E-state index in [0.29, 0.717) is 6.04 Å². The highest BCUT2D eigenvalue weighted by molar-refractivity contribution is 7.13. The van der Waals surface area contributed by atoms with Gasteiger partial charge in [0.2, 0.25) is 0 Å². The number of hydrogen-bond acceptors (Lipinski definition) is 3. The minimum absolute atomic E-state index is 0.183. The van der Waals surface area contributed by atoms with Crippen LogP contribution in [0.1, 0.15) is 21.5 Å². The summed E-state index contributed by atoms with van der Waals surface area (Å²) in [6, 6.07) is 4.33. The molecule has 2 rings (SSSR count). The van der Waals surface area contributed by atoms with Gasteiger partial charge in [0.1, 0.15) is 0 Å². The van der Waals surface area contributed by atoms with E-state index in [1.165, 1.54) is 4.88 Å². The molecule has 15 heavy (non-hydrogen) atoms. The van der Waals surface area contributed by atoms with Crippen LogP contribution in [-0.4, -0.2) is 36.5 Å². The van der Waals surface area contributed by atoms with Crippen LogP contribution in [0, 0.1) is 6.92 Å². The smallest absolute Gasteiger partial charge is 0.264 e. The molecule has 1 N–H and O–H groups in total. The maximum atomic E-state index is 12.1. The molecular weight excluding hydrogens is 208 g/mol. The summed E-state index contributed by atoms with van der Waals surface area (Å²) in [7, 11) is 0. The molecule has 3 nitrogen and oxygen atoms in total. The molecule has 2 heterocycles. The fourth-order valence-corrected chi connectivity index (χ4v) is 2.58. The largest absolute Gasteiger partial charge is 0.333 e. The lowest BCUT2D eigenvalue weighted by molar-refractivity contribution is 0.0635. The maximum Gasteiger partial charge on any atom is 0.264 e. The molecule has 82 valence electrons. The highest BCUT2D eigenvalue weighted by atomic mass is 32.1. The summed E-state index contributed by atoms with van der Waals surface area (Å²) in [6.45, 7) is 6.73. The molecule has 0 spiro atoms. The minimum atomic E-state index is 0.183. The van der Waals surface area contributed by atoms with E-state index in [1.54, 1.807) is 11.3 Å². The van der Waals surface area contributed by atoms with Crippen molar-refractivity contribution in [2.45, 2.75) is 19.9 Å². The molecule has 1 aliphatic heterocycles. The van der Waals surface area contributed by atoms with Gasteiger partial charge in [0.25, 0.3) is 5.91 Å².